The predicted molar refractivity (Wildman–Crippen MR) is 100 cm³/mol. The maximum absolute atomic E-state index is 12.8. The van der Waals surface area contributed by atoms with E-state index in [0.717, 1.165) is 5.69 Å². The summed E-state index contributed by atoms with van der Waals surface area (Å²) in [6.45, 7) is 8.24. The van der Waals surface area contributed by atoms with Gasteiger partial charge in [-0.15, -0.1) is 0 Å². The van der Waals surface area contributed by atoms with Crippen LogP contribution in [0, 0.1) is 0 Å². The molecule has 0 spiro atoms. The first-order valence-corrected chi connectivity index (χ1v) is 9.28. The zero-order chi connectivity index (χ0) is 19.4. The average molecular weight is 371 g/mol. The van der Waals surface area contributed by atoms with Gasteiger partial charge in [-0.05, 0) is 25.0 Å². The van der Waals surface area contributed by atoms with Crippen molar-refractivity contribution in [1.82, 2.24) is 15.0 Å². The summed E-state index contributed by atoms with van der Waals surface area (Å²) in [6.07, 6.45) is 0. The van der Waals surface area contributed by atoms with Crippen LogP contribution in [0.4, 0.5) is 0 Å². The molecule has 0 radical (unpaired) electrons. The van der Waals surface area contributed by atoms with E-state index in [1.54, 1.807) is 28.0 Å². The largest absolute Gasteiger partial charge is 0.493 e. The molecule has 7 heteroatoms. The number of hydrogen-bond donors (Lipinski definition) is 0. The minimum atomic E-state index is -0.184. The molecule has 2 aromatic rings. The third-order valence-electron chi connectivity index (χ3n) is 4.60. The Morgan fingerprint density at radius 2 is 1.74 bits per heavy atom. The third kappa shape index (κ3) is 4.13. The minimum absolute atomic E-state index is 0.0760. The predicted octanol–water partition coefficient (Wildman–Crippen LogP) is 2.79. The van der Waals surface area contributed by atoms with Crippen LogP contribution in [0.3, 0.4) is 0 Å². The second-order valence-electron chi connectivity index (χ2n) is 6.78. The molecule has 2 heterocycles. The highest BCUT2D eigenvalue weighted by Crippen LogP contribution is 2.21. The van der Waals surface area contributed by atoms with Crippen molar-refractivity contribution in [3.8, 4) is 5.75 Å². The first kappa shape index (κ1) is 18.9. The summed E-state index contributed by atoms with van der Waals surface area (Å²) in [5, 5.41) is 3.94. The first-order valence-electron chi connectivity index (χ1n) is 9.28. The zero-order valence-corrected chi connectivity index (χ0v) is 16.0. The molecule has 1 aliphatic heterocycles. The highest BCUT2D eigenvalue weighted by molar-refractivity contribution is 5.97. The molecule has 3 rings (SSSR count). The number of hydrogen-bond acceptors (Lipinski definition) is 5. The van der Waals surface area contributed by atoms with Crippen LogP contribution in [-0.2, 0) is 0 Å². The number of carbonyl (C=O) groups excluding carboxylic acids is 2. The van der Waals surface area contributed by atoms with Gasteiger partial charge in [0.05, 0.1) is 17.9 Å². The Morgan fingerprint density at radius 1 is 1.11 bits per heavy atom. The third-order valence-corrected chi connectivity index (χ3v) is 4.60. The lowest BCUT2D eigenvalue weighted by molar-refractivity contribution is 0.0510. The van der Waals surface area contributed by atoms with Gasteiger partial charge in [-0.25, -0.2) is 0 Å². The topological polar surface area (TPSA) is 75.9 Å². The Labute approximate surface area is 158 Å². The average Bonchev–Trinajstić information content (AvgIpc) is 3.18. The Balaban J connectivity index is 1.63. The first-order chi connectivity index (χ1) is 13.0. The van der Waals surface area contributed by atoms with Crippen molar-refractivity contribution in [2.24, 2.45) is 0 Å². The molecule has 2 amide bonds. The standard InChI is InChI=1S/C20H25N3O4/c1-4-26-17-8-6-5-7-15(17)19(24)22-9-11-23(12-10-22)20(25)18-13-16(14(2)3)21-27-18/h5-8,13-14H,4,9-12H2,1-3H3. The summed E-state index contributed by atoms with van der Waals surface area (Å²) in [7, 11) is 0. The summed E-state index contributed by atoms with van der Waals surface area (Å²) in [6, 6.07) is 8.94. The number of para-hydroxylation sites is 1. The molecule has 0 saturated carbocycles. The number of ether oxygens (including phenoxy) is 1. The van der Waals surface area contributed by atoms with Gasteiger partial charge in [0, 0.05) is 32.2 Å². The van der Waals surface area contributed by atoms with Crippen LogP contribution in [0.25, 0.3) is 0 Å². The summed E-state index contributed by atoms with van der Waals surface area (Å²) >= 11 is 0. The van der Waals surface area contributed by atoms with Crippen molar-refractivity contribution in [2.75, 3.05) is 32.8 Å². The SMILES string of the molecule is CCOc1ccccc1C(=O)N1CCN(C(=O)c2cc(C(C)C)no2)CC1. The fourth-order valence-electron chi connectivity index (χ4n) is 3.03. The van der Waals surface area contributed by atoms with Gasteiger partial charge in [-0.1, -0.05) is 31.1 Å². The molecule has 0 aliphatic carbocycles. The van der Waals surface area contributed by atoms with Crippen molar-refractivity contribution < 1.29 is 18.8 Å². The normalized spacial score (nSPS) is 14.5. The van der Waals surface area contributed by atoms with Crippen molar-refractivity contribution >= 4 is 11.8 Å². The van der Waals surface area contributed by atoms with E-state index in [-0.39, 0.29) is 23.5 Å². The Hall–Kier alpha value is -2.83. The van der Waals surface area contributed by atoms with Crippen molar-refractivity contribution in [3.63, 3.8) is 0 Å². The number of benzene rings is 1. The van der Waals surface area contributed by atoms with Gasteiger partial charge in [-0.2, -0.15) is 0 Å². The Morgan fingerprint density at radius 3 is 2.33 bits per heavy atom. The van der Waals surface area contributed by atoms with Gasteiger partial charge < -0.3 is 19.1 Å². The minimum Gasteiger partial charge on any atom is -0.493 e. The highest BCUT2D eigenvalue weighted by atomic mass is 16.5. The molecular weight excluding hydrogens is 346 g/mol. The molecular formula is C20H25N3O4. The fourth-order valence-corrected chi connectivity index (χ4v) is 3.03. The molecule has 1 aromatic heterocycles. The molecule has 1 fully saturated rings. The lowest BCUT2D eigenvalue weighted by atomic mass is 10.1. The smallest absolute Gasteiger partial charge is 0.292 e. The van der Waals surface area contributed by atoms with Crippen LogP contribution in [-0.4, -0.2) is 59.6 Å². The van der Waals surface area contributed by atoms with E-state index in [9.17, 15) is 9.59 Å². The van der Waals surface area contributed by atoms with Crippen LogP contribution < -0.4 is 4.74 Å². The van der Waals surface area contributed by atoms with E-state index < -0.39 is 0 Å². The van der Waals surface area contributed by atoms with Gasteiger partial charge in [0.2, 0.25) is 5.76 Å². The Kier molecular flexibility index (Phi) is 5.78. The van der Waals surface area contributed by atoms with Gasteiger partial charge in [0.1, 0.15) is 5.75 Å². The van der Waals surface area contributed by atoms with Crippen LogP contribution in [0.2, 0.25) is 0 Å². The molecule has 7 nitrogen and oxygen atoms in total. The molecule has 0 bridgehead atoms. The number of amides is 2. The van der Waals surface area contributed by atoms with Gasteiger partial charge in [0.15, 0.2) is 0 Å². The molecule has 1 aliphatic rings. The van der Waals surface area contributed by atoms with Crippen molar-refractivity contribution in [1.29, 1.82) is 0 Å². The van der Waals surface area contributed by atoms with E-state index in [1.807, 2.05) is 32.9 Å². The van der Waals surface area contributed by atoms with E-state index >= 15 is 0 Å². The number of rotatable bonds is 5. The Bertz CT molecular complexity index is 807. The maximum atomic E-state index is 12.8. The second-order valence-corrected chi connectivity index (χ2v) is 6.78. The van der Waals surface area contributed by atoms with E-state index in [0.29, 0.717) is 44.1 Å². The van der Waals surface area contributed by atoms with Gasteiger partial charge in [0.25, 0.3) is 11.8 Å². The number of carbonyl (C=O) groups is 2. The van der Waals surface area contributed by atoms with Crippen LogP contribution in [0.15, 0.2) is 34.9 Å². The quantitative estimate of drug-likeness (QED) is 0.808. The number of aromatic nitrogens is 1. The highest BCUT2D eigenvalue weighted by Gasteiger charge is 2.28. The monoisotopic (exact) mass is 371 g/mol. The van der Waals surface area contributed by atoms with Crippen molar-refractivity contribution in [2.45, 2.75) is 26.7 Å². The molecule has 1 aromatic carbocycles. The maximum Gasteiger partial charge on any atom is 0.292 e. The van der Waals surface area contributed by atoms with Crippen LogP contribution in [0.5, 0.6) is 5.75 Å². The zero-order valence-electron chi connectivity index (χ0n) is 16.0. The number of piperazine rings is 1. The van der Waals surface area contributed by atoms with Crippen LogP contribution in [0.1, 0.15) is 53.3 Å². The molecule has 0 unspecified atom stereocenters. The van der Waals surface area contributed by atoms with Crippen LogP contribution >= 0.6 is 0 Å². The molecule has 0 N–H and O–H groups in total. The van der Waals surface area contributed by atoms with E-state index in [1.165, 1.54) is 0 Å². The van der Waals surface area contributed by atoms with Gasteiger partial charge in [-0.3, -0.25) is 9.59 Å². The lowest BCUT2D eigenvalue weighted by Gasteiger charge is -2.34. The van der Waals surface area contributed by atoms with E-state index in [2.05, 4.69) is 5.16 Å². The van der Waals surface area contributed by atoms with E-state index in [4.69, 9.17) is 9.26 Å². The summed E-state index contributed by atoms with van der Waals surface area (Å²) < 4.78 is 10.7. The van der Waals surface area contributed by atoms with Gasteiger partial charge >= 0.3 is 0 Å². The van der Waals surface area contributed by atoms with Crippen molar-refractivity contribution in [3.05, 3.63) is 47.3 Å². The fraction of sp³-hybridized carbons (Fsp3) is 0.450. The molecule has 144 valence electrons. The second kappa shape index (κ2) is 8.24. The summed E-state index contributed by atoms with van der Waals surface area (Å²) in [5.41, 5.74) is 1.32. The number of nitrogens with zero attached hydrogens (tertiary/aromatic N) is 3. The lowest BCUT2D eigenvalue weighted by Crippen LogP contribution is -2.50. The molecule has 1 saturated heterocycles. The summed E-state index contributed by atoms with van der Waals surface area (Å²) in [4.78, 5) is 28.9. The molecule has 27 heavy (non-hydrogen) atoms. The molecule has 0 atom stereocenters. The summed E-state index contributed by atoms with van der Waals surface area (Å²) in [5.74, 6) is 0.783.